The van der Waals surface area contributed by atoms with Crippen LogP contribution >= 0.6 is 0 Å². The second-order valence-corrected chi connectivity index (χ2v) is 13.3. The van der Waals surface area contributed by atoms with Gasteiger partial charge in [-0.15, -0.1) is 0 Å². The van der Waals surface area contributed by atoms with E-state index < -0.39 is 24.5 Å². The van der Waals surface area contributed by atoms with Crippen LogP contribution in [0.2, 0.25) is 0 Å². The van der Waals surface area contributed by atoms with Crippen molar-refractivity contribution in [1.29, 1.82) is 0 Å². The third-order valence-corrected chi connectivity index (χ3v) is 10.3. The molecule has 0 aromatic heterocycles. The zero-order valence-corrected chi connectivity index (χ0v) is 22.0. The van der Waals surface area contributed by atoms with Gasteiger partial charge in [-0.25, -0.2) is 16.8 Å². The Morgan fingerprint density at radius 1 is 0.703 bits per heavy atom. The predicted molar refractivity (Wildman–Crippen MR) is 147 cm³/mol. The molecule has 1 unspecified atom stereocenters. The third kappa shape index (κ3) is 4.56. The maximum Gasteiger partial charge on any atom is 0.207 e. The van der Waals surface area contributed by atoms with Crippen molar-refractivity contribution in [3.8, 4) is 11.1 Å². The van der Waals surface area contributed by atoms with Crippen molar-refractivity contribution in [2.45, 2.75) is 14.7 Å². The summed E-state index contributed by atoms with van der Waals surface area (Å²) in [5.41, 5.74) is 2.86. The summed E-state index contributed by atoms with van der Waals surface area (Å²) in [6.45, 7) is 1.31. The highest BCUT2D eigenvalue weighted by Crippen LogP contribution is 2.43. The van der Waals surface area contributed by atoms with E-state index in [-0.39, 0.29) is 16.3 Å². The first-order valence-electron chi connectivity index (χ1n) is 12.0. The van der Waals surface area contributed by atoms with Crippen molar-refractivity contribution < 1.29 is 16.8 Å². The highest BCUT2D eigenvalue weighted by Gasteiger charge is 2.52. The van der Waals surface area contributed by atoms with Crippen LogP contribution in [-0.2, 0) is 24.5 Å². The molecule has 1 atom stereocenters. The molecular formula is C29H28N2O4S2. The van der Waals surface area contributed by atoms with Gasteiger partial charge >= 0.3 is 0 Å². The second-order valence-electron chi connectivity index (χ2n) is 9.15. The standard InChI is InChI=1S/C29H28N2O4S2/c1-36(32,33)28-17-9-11-24(21-28)23-10-8-12-25(20-23)29(37(34,35)27-15-6-3-7-16-27)22-30-18-19-31(29)26-13-4-2-5-14-26/h2-17,20-21,30H,18-19,22H2,1H3. The molecule has 0 bridgehead atoms. The molecule has 0 radical (unpaired) electrons. The summed E-state index contributed by atoms with van der Waals surface area (Å²) < 4.78 is 53.5. The molecule has 0 aliphatic carbocycles. The number of hydrogen-bond donors (Lipinski definition) is 1. The van der Waals surface area contributed by atoms with Crippen molar-refractivity contribution in [2.24, 2.45) is 0 Å². The van der Waals surface area contributed by atoms with Crippen LogP contribution in [0.1, 0.15) is 5.56 Å². The van der Waals surface area contributed by atoms with Gasteiger partial charge in [0.2, 0.25) is 9.84 Å². The molecule has 1 saturated heterocycles. The van der Waals surface area contributed by atoms with Gasteiger partial charge in [-0.05, 0) is 59.2 Å². The molecule has 0 amide bonds. The average molecular weight is 533 g/mol. The number of anilines is 1. The fourth-order valence-electron chi connectivity index (χ4n) is 4.97. The maximum atomic E-state index is 14.6. The van der Waals surface area contributed by atoms with E-state index >= 15 is 0 Å². The number of sulfone groups is 2. The topological polar surface area (TPSA) is 83.5 Å². The van der Waals surface area contributed by atoms with Gasteiger partial charge in [0.05, 0.1) is 9.79 Å². The molecule has 1 heterocycles. The van der Waals surface area contributed by atoms with E-state index in [9.17, 15) is 16.8 Å². The minimum atomic E-state index is -3.94. The van der Waals surface area contributed by atoms with Crippen molar-refractivity contribution in [2.75, 3.05) is 30.8 Å². The summed E-state index contributed by atoms with van der Waals surface area (Å²) in [6.07, 6.45) is 1.18. The van der Waals surface area contributed by atoms with Crippen LogP contribution in [0.25, 0.3) is 11.1 Å². The minimum Gasteiger partial charge on any atom is -0.346 e. The molecule has 5 rings (SSSR count). The zero-order valence-electron chi connectivity index (χ0n) is 20.4. The summed E-state index contributed by atoms with van der Waals surface area (Å²) in [6, 6.07) is 32.3. The number of piperazine rings is 1. The lowest BCUT2D eigenvalue weighted by atomic mass is 9.96. The Kier molecular flexibility index (Phi) is 6.66. The Morgan fingerprint density at radius 3 is 1.97 bits per heavy atom. The van der Waals surface area contributed by atoms with Crippen molar-refractivity contribution >= 4 is 25.4 Å². The lowest BCUT2D eigenvalue weighted by molar-refractivity contribution is 0.419. The summed E-state index contributed by atoms with van der Waals surface area (Å²) in [4.78, 5) is 0.993. The van der Waals surface area contributed by atoms with Gasteiger partial charge in [0.1, 0.15) is 0 Å². The molecule has 1 N–H and O–H groups in total. The van der Waals surface area contributed by atoms with Crippen LogP contribution < -0.4 is 10.2 Å². The molecule has 0 spiro atoms. The van der Waals surface area contributed by atoms with Crippen LogP contribution in [0.15, 0.2) is 119 Å². The first-order valence-corrected chi connectivity index (χ1v) is 15.4. The monoisotopic (exact) mass is 532 g/mol. The van der Waals surface area contributed by atoms with Crippen molar-refractivity contribution in [3.05, 3.63) is 115 Å². The summed E-state index contributed by atoms with van der Waals surface area (Å²) in [5.74, 6) is 0. The van der Waals surface area contributed by atoms with Crippen LogP contribution in [-0.4, -0.2) is 42.7 Å². The van der Waals surface area contributed by atoms with Crippen LogP contribution in [0, 0.1) is 0 Å². The van der Waals surface area contributed by atoms with E-state index in [1.807, 2.05) is 65.6 Å². The van der Waals surface area contributed by atoms with Gasteiger partial charge in [0.25, 0.3) is 0 Å². The number of para-hydroxylation sites is 1. The Hall–Kier alpha value is -3.46. The van der Waals surface area contributed by atoms with Gasteiger partial charge < -0.3 is 10.2 Å². The highest BCUT2D eigenvalue weighted by molar-refractivity contribution is 7.92. The fraction of sp³-hybridized carbons (Fsp3) is 0.172. The van der Waals surface area contributed by atoms with Gasteiger partial charge in [0.15, 0.2) is 14.7 Å². The Bertz CT molecular complexity index is 1620. The van der Waals surface area contributed by atoms with Crippen molar-refractivity contribution in [1.82, 2.24) is 5.32 Å². The Morgan fingerprint density at radius 2 is 1.30 bits per heavy atom. The summed E-state index contributed by atoms with van der Waals surface area (Å²) in [5, 5.41) is 3.34. The molecule has 1 aliphatic heterocycles. The van der Waals surface area contributed by atoms with Gasteiger partial charge in [-0.1, -0.05) is 66.7 Å². The number of nitrogens with zero attached hydrogens (tertiary/aromatic N) is 1. The van der Waals surface area contributed by atoms with Crippen LogP contribution in [0.5, 0.6) is 0 Å². The lowest BCUT2D eigenvalue weighted by Crippen LogP contribution is -2.63. The molecule has 37 heavy (non-hydrogen) atoms. The van der Waals surface area contributed by atoms with E-state index in [1.165, 1.54) is 6.26 Å². The zero-order chi connectivity index (χ0) is 26.1. The van der Waals surface area contributed by atoms with E-state index in [1.54, 1.807) is 48.5 Å². The molecule has 1 fully saturated rings. The van der Waals surface area contributed by atoms with Crippen LogP contribution in [0.3, 0.4) is 0 Å². The van der Waals surface area contributed by atoms with Gasteiger partial charge in [0, 0.05) is 31.6 Å². The minimum absolute atomic E-state index is 0.186. The molecule has 4 aromatic carbocycles. The average Bonchev–Trinajstić information content (AvgIpc) is 2.93. The largest absolute Gasteiger partial charge is 0.346 e. The van der Waals surface area contributed by atoms with E-state index in [0.29, 0.717) is 24.2 Å². The first kappa shape index (κ1) is 25.2. The maximum absolute atomic E-state index is 14.6. The Balaban J connectivity index is 1.75. The van der Waals surface area contributed by atoms with Gasteiger partial charge in [-0.2, -0.15) is 0 Å². The van der Waals surface area contributed by atoms with Crippen molar-refractivity contribution in [3.63, 3.8) is 0 Å². The van der Waals surface area contributed by atoms with E-state index in [0.717, 1.165) is 11.3 Å². The third-order valence-electron chi connectivity index (χ3n) is 6.79. The number of rotatable bonds is 6. The SMILES string of the molecule is CS(=O)(=O)c1cccc(-c2cccc(C3(S(=O)(=O)c4ccccc4)CNCCN3c3ccccc3)c2)c1. The predicted octanol–water partition coefficient (Wildman–Crippen LogP) is 4.49. The van der Waals surface area contributed by atoms with E-state index in [2.05, 4.69) is 5.32 Å². The first-order chi connectivity index (χ1) is 17.7. The smallest absolute Gasteiger partial charge is 0.207 e. The molecule has 8 heteroatoms. The fourth-order valence-corrected chi connectivity index (χ4v) is 7.75. The van der Waals surface area contributed by atoms with Crippen LogP contribution in [0.4, 0.5) is 5.69 Å². The summed E-state index contributed by atoms with van der Waals surface area (Å²) >= 11 is 0. The number of nitrogens with one attached hydrogen (secondary N) is 1. The van der Waals surface area contributed by atoms with E-state index in [4.69, 9.17) is 0 Å². The lowest BCUT2D eigenvalue weighted by Gasteiger charge is -2.48. The molecule has 1 aliphatic rings. The molecule has 4 aromatic rings. The molecule has 0 saturated carbocycles. The second kappa shape index (κ2) is 9.78. The molecule has 6 nitrogen and oxygen atoms in total. The number of benzene rings is 4. The number of hydrogen-bond acceptors (Lipinski definition) is 6. The normalized spacial score (nSPS) is 18.5. The molecular weight excluding hydrogens is 504 g/mol. The summed E-state index contributed by atoms with van der Waals surface area (Å²) in [7, 11) is -7.33. The highest BCUT2D eigenvalue weighted by atomic mass is 32.2. The van der Waals surface area contributed by atoms with Gasteiger partial charge in [-0.3, -0.25) is 0 Å². The molecule has 190 valence electrons. The quantitative estimate of drug-likeness (QED) is 0.394. The Labute approximate surface area is 218 Å².